The van der Waals surface area contributed by atoms with Gasteiger partial charge in [-0.2, -0.15) is 0 Å². The SMILES string of the molecule is CC(C)Cc1nnc(C(C)C)o1. The Hall–Kier alpha value is -0.860. The van der Waals surface area contributed by atoms with Crippen molar-refractivity contribution < 1.29 is 4.42 Å². The second-order valence-corrected chi connectivity index (χ2v) is 3.79. The highest BCUT2D eigenvalue weighted by Crippen LogP contribution is 2.13. The van der Waals surface area contributed by atoms with Crippen molar-refractivity contribution in [3.63, 3.8) is 0 Å². The molecule has 1 heterocycles. The fourth-order valence-electron chi connectivity index (χ4n) is 0.932. The highest BCUT2D eigenvalue weighted by atomic mass is 16.4. The third-order valence-electron chi connectivity index (χ3n) is 1.56. The van der Waals surface area contributed by atoms with Crippen LogP contribution < -0.4 is 0 Å². The number of aromatic nitrogens is 2. The van der Waals surface area contributed by atoms with Gasteiger partial charge in [0.15, 0.2) is 0 Å². The minimum atomic E-state index is 0.332. The summed E-state index contributed by atoms with van der Waals surface area (Å²) in [5, 5.41) is 7.91. The lowest BCUT2D eigenvalue weighted by Gasteiger charge is -1.98. The summed E-state index contributed by atoms with van der Waals surface area (Å²) in [5.74, 6) is 2.41. The summed E-state index contributed by atoms with van der Waals surface area (Å²) in [5.41, 5.74) is 0. The Balaban J connectivity index is 2.64. The predicted molar refractivity (Wildman–Crippen MR) is 46.9 cm³/mol. The average molecular weight is 168 g/mol. The van der Waals surface area contributed by atoms with Gasteiger partial charge in [-0.15, -0.1) is 10.2 Å². The Morgan fingerprint density at radius 3 is 2.25 bits per heavy atom. The van der Waals surface area contributed by atoms with E-state index in [0.29, 0.717) is 11.8 Å². The number of nitrogens with zero attached hydrogens (tertiary/aromatic N) is 2. The first-order valence-corrected chi connectivity index (χ1v) is 4.42. The number of hydrogen-bond donors (Lipinski definition) is 0. The highest BCUT2D eigenvalue weighted by molar-refractivity contribution is 4.87. The lowest BCUT2D eigenvalue weighted by Crippen LogP contribution is -1.93. The fourth-order valence-corrected chi connectivity index (χ4v) is 0.932. The van der Waals surface area contributed by atoms with Gasteiger partial charge >= 0.3 is 0 Å². The second kappa shape index (κ2) is 3.70. The molecule has 0 saturated heterocycles. The van der Waals surface area contributed by atoms with Crippen LogP contribution in [0.3, 0.4) is 0 Å². The molecule has 0 aliphatic carbocycles. The Morgan fingerprint density at radius 1 is 1.17 bits per heavy atom. The minimum Gasteiger partial charge on any atom is -0.425 e. The first-order valence-electron chi connectivity index (χ1n) is 4.42. The zero-order valence-corrected chi connectivity index (χ0v) is 8.16. The summed E-state index contributed by atoms with van der Waals surface area (Å²) < 4.78 is 5.43. The molecule has 1 rings (SSSR count). The van der Waals surface area contributed by atoms with Gasteiger partial charge in [0.25, 0.3) is 0 Å². The second-order valence-electron chi connectivity index (χ2n) is 3.79. The molecule has 0 fully saturated rings. The molecule has 0 aliphatic heterocycles. The van der Waals surface area contributed by atoms with Gasteiger partial charge in [0.05, 0.1) is 0 Å². The van der Waals surface area contributed by atoms with E-state index >= 15 is 0 Å². The molecule has 0 bridgehead atoms. The van der Waals surface area contributed by atoms with Gasteiger partial charge in [0.1, 0.15) is 0 Å². The van der Waals surface area contributed by atoms with Crippen molar-refractivity contribution in [3.05, 3.63) is 11.8 Å². The van der Waals surface area contributed by atoms with Gasteiger partial charge in [-0.05, 0) is 5.92 Å². The monoisotopic (exact) mass is 168 g/mol. The zero-order valence-electron chi connectivity index (χ0n) is 8.16. The molecule has 68 valence electrons. The molecule has 0 aromatic carbocycles. The number of hydrogen-bond acceptors (Lipinski definition) is 3. The first-order chi connectivity index (χ1) is 5.59. The Labute approximate surface area is 73.2 Å². The first kappa shape index (κ1) is 9.23. The highest BCUT2D eigenvalue weighted by Gasteiger charge is 2.09. The maximum Gasteiger partial charge on any atom is 0.219 e. The summed E-state index contributed by atoms with van der Waals surface area (Å²) in [6.45, 7) is 8.37. The molecule has 0 amide bonds. The molecule has 12 heavy (non-hydrogen) atoms. The molecule has 1 aromatic heterocycles. The van der Waals surface area contributed by atoms with Crippen LogP contribution in [0.1, 0.15) is 45.4 Å². The van der Waals surface area contributed by atoms with Crippen LogP contribution >= 0.6 is 0 Å². The van der Waals surface area contributed by atoms with Crippen molar-refractivity contribution in [1.82, 2.24) is 10.2 Å². The zero-order chi connectivity index (χ0) is 9.14. The van der Waals surface area contributed by atoms with Crippen molar-refractivity contribution in [1.29, 1.82) is 0 Å². The summed E-state index contributed by atoms with van der Waals surface area (Å²) in [7, 11) is 0. The third kappa shape index (κ3) is 2.32. The van der Waals surface area contributed by atoms with E-state index < -0.39 is 0 Å². The maximum atomic E-state index is 5.43. The minimum absolute atomic E-state index is 0.332. The molecule has 0 saturated carbocycles. The van der Waals surface area contributed by atoms with Crippen molar-refractivity contribution in [2.24, 2.45) is 5.92 Å². The molecule has 1 aromatic rings. The predicted octanol–water partition coefficient (Wildman–Crippen LogP) is 2.39. The molecule has 0 atom stereocenters. The van der Waals surface area contributed by atoms with E-state index in [1.54, 1.807) is 0 Å². The molecule has 0 aliphatic rings. The van der Waals surface area contributed by atoms with Crippen LogP contribution in [0.2, 0.25) is 0 Å². The summed E-state index contributed by atoms with van der Waals surface area (Å²) in [6, 6.07) is 0. The van der Waals surface area contributed by atoms with Crippen LogP contribution in [-0.2, 0) is 6.42 Å². The Kier molecular flexibility index (Phi) is 2.84. The van der Waals surface area contributed by atoms with E-state index in [9.17, 15) is 0 Å². The van der Waals surface area contributed by atoms with Gasteiger partial charge < -0.3 is 4.42 Å². The van der Waals surface area contributed by atoms with Crippen molar-refractivity contribution in [3.8, 4) is 0 Å². The molecule has 3 nitrogen and oxygen atoms in total. The maximum absolute atomic E-state index is 5.43. The summed E-state index contributed by atoms with van der Waals surface area (Å²) >= 11 is 0. The van der Waals surface area contributed by atoms with E-state index in [1.807, 2.05) is 13.8 Å². The van der Waals surface area contributed by atoms with Crippen LogP contribution in [0.5, 0.6) is 0 Å². The van der Waals surface area contributed by atoms with Crippen molar-refractivity contribution >= 4 is 0 Å². The fraction of sp³-hybridized carbons (Fsp3) is 0.778. The normalized spacial score (nSPS) is 11.5. The van der Waals surface area contributed by atoms with E-state index in [0.717, 1.165) is 18.2 Å². The lowest BCUT2D eigenvalue weighted by atomic mass is 10.1. The molecule has 0 unspecified atom stereocenters. The summed E-state index contributed by atoms with van der Waals surface area (Å²) in [6.07, 6.45) is 0.875. The van der Waals surface area contributed by atoms with Crippen LogP contribution in [0.25, 0.3) is 0 Å². The number of rotatable bonds is 3. The van der Waals surface area contributed by atoms with Gasteiger partial charge in [-0.3, -0.25) is 0 Å². The summed E-state index contributed by atoms with van der Waals surface area (Å²) in [4.78, 5) is 0. The van der Waals surface area contributed by atoms with E-state index in [2.05, 4.69) is 24.0 Å². The lowest BCUT2D eigenvalue weighted by molar-refractivity contribution is 0.412. The molecule has 3 heteroatoms. The third-order valence-corrected chi connectivity index (χ3v) is 1.56. The average Bonchev–Trinajstić information content (AvgIpc) is 2.34. The smallest absolute Gasteiger partial charge is 0.219 e. The van der Waals surface area contributed by atoms with E-state index in [4.69, 9.17) is 4.42 Å². The Bertz CT molecular complexity index is 240. The standard InChI is InChI=1S/C9H16N2O/c1-6(2)5-8-10-11-9(12-8)7(3)4/h6-7H,5H2,1-4H3. The molecular formula is C9H16N2O. The van der Waals surface area contributed by atoms with Crippen molar-refractivity contribution in [2.45, 2.75) is 40.0 Å². The van der Waals surface area contributed by atoms with Crippen LogP contribution in [0, 0.1) is 5.92 Å². The van der Waals surface area contributed by atoms with E-state index in [-0.39, 0.29) is 0 Å². The molecule has 0 spiro atoms. The van der Waals surface area contributed by atoms with Crippen LogP contribution in [0.15, 0.2) is 4.42 Å². The van der Waals surface area contributed by atoms with Gasteiger partial charge in [0.2, 0.25) is 11.8 Å². The van der Waals surface area contributed by atoms with Crippen LogP contribution in [-0.4, -0.2) is 10.2 Å². The molecule has 0 N–H and O–H groups in total. The van der Waals surface area contributed by atoms with Gasteiger partial charge in [0, 0.05) is 12.3 Å². The van der Waals surface area contributed by atoms with Crippen molar-refractivity contribution in [2.75, 3.05) is 0 Å². The molecule has 0 radical (unpaired) electrons. The Morgan fingerprint density at radius 2 is 1.83 bits per heavy atom. The quantitative estimate of drug-likeness (QED) is 0.695. The largest absolute Gasteiger partial charge is 0.425 e. The molecular weight excluding hydrogens is 152 g/mol. The van der Waals surface area contributed by atoms with Gasteiger partial charge in [-0.25, -0.2) is 0 Å². The van der Waals surface area contributed by atoms with Gasteiger partial charge in [-0.1, -0.05) is 27.7 Å². The van der Waals surface area contributed by atoms with Crippen LogP contribution in [0.4, 0.5) is 0 Å². The topological polar surface area (TPSA) is 38.9 Å². The van der Waals surface area contributed by atoms with E-state index in [1.165, 1.54) is 0 Å².